The van der Waals surface area contributed by atoms with Crippen LogP contribution in [-0.2, 0) is 11.3 Å². The van der Waals surface area contributed by atoms with Crippen molar-refractivity contribution >= 4 is 17.3 Å². The molecule has 4 heteroatoms. The SMILES string of the molecule is CC1CN(c2ccc(CN)cc2Cl)CCO1. The van der Waals surface area contributed by atoms with Crippen LogP contribution in [0.25, 0.3) is 0 Å². The normalized spacial score (nSPS) is 21.2. The van der Waals surface area contributed by atoms with Gasteiger partial charge in [-0.2, -0.15) is 0 Å². The molecule has 0 saturated carbocycles. The molecule has 88 valence electrons. The van der Waals surface area contributed by atoms with E-state index < -0.39 is 0 Å². The van der Waals surface area contributed by atoms with E-state index in [1.807, 2.05) is 18.2 Å². The van der Waals surface area contributed by atoms with Crippen LogP contribution in [0.1, 0.15) is 12.5 Å². The van der Waals surface area contributed by atoms with E-state index in [2.05, 4.69) is 11.8 Å². The van der Waals surface area contributed by atoms with E-state index in [1.54, 1.807) is 0 Å². The van der Waals surface area contributed by atoms with E-state index in [9.17, 15) is 0 Å². The van der Waals surface area contributed by atoms with Crippen molar-refractivity contribution in [3.63, 3.8) is 0 Å². The fourth-order valence-electron chi connectivity index (χ4n) is 1.97. The topological polar surface area (TPSA) is 38.5 Å². The van der Waals surface area contributed by atoms with Crippen molar-refractivity contribution in [2.24, 2.45) is 5.73 Å². The van der Waals surface area contributed by atoms with Crippen molar-refractivity contribution < 1.29 is 4.74 Å². The summed E-state index contributed by atoms with van der Waals surface area (Å²) >= 11 is 6.25. The Balaban J connectivity index is 2.19. The van der Waals surface area contributed by atoms with Gasteiger partial charge in [0.1, 0.15) is 0 Å². The van der Waals surface area contributed by atoms with E-state index in [0.29, 0.717) is 6.54 Å². The lowest BCUT2D eigenvalue weighted by Gasteiger charge is -2.33. The van der Waals surface area contributed by atoms with Crippen molar-refractivity contribution in [2.45, 2.75) is 19.6 Å². The lowest BCUT2D eigenvalue weighted by atomic mass is 10.1. The number of ether oxygens (including phenoxy) is 1. The summed E-state index contributed by atoms with van der Waals surface area (Å²) in [7, 11) is 0. The molecule has 1 aliphatic rings. The number of anilines is 1. The maximum atomic E-state index is 6.25. The van der Waals surface area contributed by atoms with Gasteiger partial charge in [-0.1, -0.05) is 17.7 Å². The van der Waals surface area contributed by atoms with Crippen molar-refractivity contribution in [3.8, 4) is 0 Å². The zero-order valence-electron chi connectivity index (χ0n) is 9.45. The Morgan fingerprint density at radius 3 is 3.00 bits per heavy atom. The van der Waals surface area contributed by atoms with Crippen molar-refractivity contribution in [3.05, 3.63) is 28.8 Å². The average Bonchev–Trinajstić information content (AvgIpc) is 2.28. The molecule has 1 fully saturated rings. The number of morpholine rings is 1. The Hall–Kier alpha value is -0.770. The van der Waals surface area contributed by atoms with Crippen LogP contribution < -0.4 is 10.6 Å². The lowest BCUT2D eigenvalue weighted by molar-refractivity contribution is 0.0532. The molecule has 1 heterocycles. The number of nitrogens with zero attached hydrogens (tertiary/aromatic N) is 1. The second-order valence-electron chi connectivity index (χ2n) is 4.12. The first-order chi connectivity index (χ1) is 7.70. The van der Waals surface area contributed by atoms with E-state index in [4.69, 9.17) is 22.1 Å². The van der Waals surface area contributed by atoms with Crippen molar-refractivity contribution in [1.29, 1.82) is 0 Å². The summed E-state index contributed by atoms with van der Waals surface area (Å²) in [5.41, 5.74) is 7.72. The molecule has 0 amide bonds. The maximum Gasteiger partial charge on any atom is 0.0722 e. The molecule has 0 aliphatic carbocycles. The van der Waals surface area contributed by atoms with E-state index in [1.165, 1.54) is 0 Å². The van der Waals surface area contributed by atoms with Gasteiger partial charge in [-0.3, -0.25) is 0 Å². The van der Waals surface area contributed by atoms with Crippen LogP contribution in [0.3, 0.4) is 0 Å². The quantitative estimate of drug-likeness (QED) is 0.860. The molecule has 1 aliphatic heterocycles. The first-order valence-corrected chi connectivity index (χ1v) is 5.93. The molecule has 0 aromatic heterocycles. The highest BCUT2D eigenvalue weighted by atomic mass is 35.5. The van der Waals surface area contributed by atoms with Crippen LogP contribution in [0, 0.1) is 0 Å². The van der Waals surface area contributed by atoms with Crippen LogP contribution >= 0.6 is 11.6 Å². The summed E-state index contributed by atoms with van der Waals surface area (Å²) in [6.45, 7) is 5.15. The molecular formula is C12H17ClN2O. The number of halogens is 1. The van der Waals surface area contributed by atoms with Crippen LogP contribution in [0.5, 0.6) is 0 Å². The van der Waals surface area contributed by atoms with Crippen molar-refractivity contribution in [1.82, 2.24) is 0 Å². The van der Waals surface area contributed by atoms with Gasteiger partial charge in [0, 0.05) is 19.6 Å². The number of benzene rings is 1. The van der Waals surface area contributed by atoms with E-state index >= 15 is 0 Å². The molecule has 1 atom stereocenters. The minimum Gasteiger partial charge on any atom is -0.375 e. The smallest absolute Gasteiger partial charge is 0.0722 e. The zero-order valence-corrected chi connectivity index (χ0v) is 10.2. The standard InChI is InChI=1S/C12H17ClN2O/c1-9-8-15(4-5-16-9)12-3-2-10(7-14)6-11(12)13/h2-3,6,9H,4-5,7-8,14H2,1H3. The molecule has 0 radical (unpaired) electrons. The van der Waals surface area contributed by atoms with Crippen LogP contribution in [0.15, 0.2) is 18.2 Å². The van der Waals surface area contributed by atoms with Gasteiger partial charge in [-0.25, -0.2) is 0 Å². The Bertz CT molecular complexity index is 370. The Kier molecular flexibility index (Phi) is 3.69. The summed E-state index contributed by atoms with van der Waals surface area (Å²) in [6.07, 6.45) is 0.263. The maximum absolute atomic E-state index is 6.25. The summed E-state index contributed by atoms with van der Waals surface area (Å²) < 4.78 is 5.51. The van der Waals surface area contributed by atoms with Crippen LogP contribution in [-0.4, -0.2) is 25.8 Å². The number of hydrogen-bond donors (Lipinski definition) is 1. The van der Waals surface area contributed by atoms with Gasteiger partial charge in [0.15, 0.2) is 0 Å². The molecule has 3 nitrogen and oxygen atoms in total. The van der Waals surface area contributed by atoms with E-state index in [-0.39, 0.29) is 6.10 Å². The lowest BCUT2D eigenvalue weighted by Crippen LogP contribution is -2.41. The van der Waals surface area contributed by atoms with Crippen molar-refractivity contribution in [2.75, 3.05) is 24.6 Å². The molecule has 1 unspecified atom stereocenters. The fraction of sp³-hybridized carbons (Fsp3) is 0.500. The average molecular weight is 241 g/mol. The number of hydrogen-bond acceptors (Lipinski definition) is 3. The Morgan fingerprint density at radius 2 is 2.38 bits per heavy atom. The molecule has 16 heavy (non-hydrogen) atoms. The van der Waals surface area contributed by atoms with Gasteiger partial charge >= 0.3 is 0 Å². The third kappa shape index (κ3) is 2.48. The Labute approximate surface area is 101 Å². The van der Waals surface area contributed by atoms with Crippen LogP contribution in [0.4, 0.5) is 5.69 Å². The number of rotatable bonds is 2. The molecule has 1 saturated heterocycles. The largest absolute Gasteiger partial charge is 0.375 e. The molecule has 1 aromatic rings. The molecule has 0 spiro atoms. The highest BCUT2D eigenvalue weighted by Crippen LogP contribution is 2.28. The first kappa shape index (κ1) is 11.7. The van der Waals surface area contributed by atoms with Gasteiger partial charge < -0.3 is 15.4 Å². The van der Waals surface area contributed by atoms with Gasteiger partial charge in [0.2, 0.25) is 0 Å². The molecule has 2 rings (SSSR count). The highest BCUT2D eigenvalue weighted by molar-refractivity contribution is 6.33. The molecule has 1 aromatic carbocycles. The summed E-state index contributed by atoms with van der Waals surface area (Å²) in [6, 6.07) is 6.01. The van der Waals surface area contributed by atoms with Gasteiger partial charge in [-0.15, -0.1) is 0 Å². The second kappa shape index (κ2) is 5.04. The monoisotopic (exact) mass is 240 g/mol. The minimum atomic E-state index is 0.263. The minimum absolute atomic E-state index is 0.263. The molecule has 2 N–H and O–H groups in total. The van der Waals surface area contributed by atoms with Gasteiger partial charge in [0.05, 0.1) is 23.4 Å². The second-order valence-corrected chi connectivity index (χ2v) is 4.52. The molecule has 0 bridgehead atoms. The summed E-state index contributed by atoms with van der Waals surface area (Å²) in [5, 5.41) is 0.775. The first-order valence-electron chi connectivity index (χ1n) is 5.55. The third-order valence-electron chi connectivity index (χ3n) is 2.83. The van der Waals surface area contributed by atoms with E-state index in [0.717, 1.165) is 36.0 Å². The predicted octanol–water partition coefficient (Wildman–Crippen LogP) is 2.02. The van der Waals surface area contributed by atoms with Gasteiger partial charge in [-0.05, 0) is 24.6 Å². The third-order valence-corrected chi connectivity index (χ3v) is 3.13. The molecular weight excluding hydrogens is 224 g/mol. The highest BCUT2D eigenvalue weighted by Gasteiger charge is 2.18. The fourth-order valence-corrected chi connectivity index (χ4v) is 2.29. The predicted molar refractivity (Wildman–Crippen MR) is 67.0 cm³/mol. The summed E-state index contributed by atoms with van der Waals surface area (Å²) in [5.74, 6) is 0. The zero-order chi connectivity index (χ0) is 11.5. The van der Waals surface area contributed by atoms with Gasteiger partial charge in [0.25, 0.3) is 0 Å². The Morgan fingerprint density at radius 1 is 1.56 bits per heavy atom. The number of nitrogens with two attached hydrogens (primary N) is 1. The summed E-state index contributed by atoms with van der Waals surface area (Å²) in [4.78, 5) is 2.26. The van der Waals surface area contributed by atoms with Crippen LogP contribution in [0.2, 0.25) is 5.02 Å².